The number of likely N-dealkylation sites (tertiary alicyclic amines) is 1. The highest BCUT2D eigenvalue weighted by atomic mass is 32.2. The second kappa shape index (κ2) is 7.95. The summed E-state index contributed by atoms with van der Waals surface area (Å²) in [5.41, 5.74) is 2.64. The lowest BCUT2D eigenvalue weighted by Crippen LogP contribution is -2.58. The van der Waals surface area contributed by atoms with Crippen molar-refractivity contribution in [2.75, 3.05) is 0 Å². The van der Waals surface area contributed by atoms with E-state index in [4.69, 9.17) is 9.32 Å². The maximum atomic E-state index is 13.6. The number of benzene rings is 2. The van der Waals surface area contributed by atoms with Gasteiger partial charge in [-0.2, -0.15) is 13.6 Å². The monoisotopic (exact) mass is 468 g/mol. The lowest BCUT2D eigenvalue weighted by molar-refractivity contribution is -0.168. The van der Waals surface area contributed by atoms with Gasteiger partial charge in [0.1, 0.15) is 5.75 Å². The number of piperidine rings is 1. The molecular weight excluding hydrogens is 440 g/mol. The third-order valence-corrected chi connectivity index (χ3v) is 8.34. The van der Waals surface area contributed by atoms with Crippen LogP contribution in [-0.2, 0) is 32.9 Å². The molecule has 0 bridgehead atoms. The van der Waals surface area contributed by atoms with Crippen molar-refractivity contribution >= 4 is 22.1 Å². The molecule has 1 saturated heterocycles. The number of carbonyl (C=O) groups excluding carboxylic acids is 2. The molecule has 7 nitrogen and oxygen atoms in total. The number of amides is 2. The number of carbonyl (C=O) groups is 2. The van der Waals surface area contributed by atoms with Crippen LogP contribution < -0.4 is 9.32 Å². The number of fused-ring (bicyclic) bond motifs is 5. The minimum absolute atomic E-state index is 0.0109. The van der Waals surface area contributed by atoms with Crippen molar-refractivity contribution in [3.63, 3.8) is 0 Å². The molecule has 2 N–H and O–H groups in total. The fourth-order valence-corrected chi connectivity index (χ4v) is 6.72. The van der Waals surface area contributed by atoms with E-state index >= 15 is 0 Å². The van der Waals surface area contributed by atoms with Crippen LogP contribution in [0.25, 0.3) is 0 Å². The Hall–Kier alpha value is -2.71. The predicted molar refractivity (Wildman–Crippen MR) is 122 cm³/mol. The molecule has 8 heteroatoms. The van der Waals surface area contributed by atoms with Gasteiger partial charge in [0.05, 0.1) is 12.0 Å². The van der Waals surface area contributed by atoms with Crippen LogP contribution in [-0.4, -0.2) is 25.1 Å². The van der Waals surface area contributed by atoms with Crippen molar-refractivity contribution in [1.29, 1.82) is 0 Å². The summed E-state index contributed by atoms with van der Waals surface area (Å²) in [5.74, 6) is 0.583. The molecule has 174 valence electrons. The summed E-state index contributed by atoms with van der Waals surface area (Å²) >= 11 is 0. The number of imide groups is 1. The number of aryl methyl sites for hydroxylation is 1. The normalized spacial score (nSPS) is 29.2. The summed E-state index contributed by atoms with van der Waals surface area (Å²) in [6.07, 6.45) is 3.58. The van der Waals surface area contributed by atoms with Crippen LogP contribution in [0.5, 0.6) is 5.75 Å². The lowest BCUT2D eigenvalue weighted by Gasteiger charge is -2.54. The summed E-state index contributed by atoms with van der Waals surface area (Å²) in [7, 11) is -4.07. The highest BCUT2D eigenvalue weighted by molar-refractivity contribution is 7.84. The van der Waals surface area contributed by atoms with Gasteiger partial charge in [-0.3, -0.25) is 14.5 Å². The Morgan fingerprint density at radius 2 is 1.88 bits per heavy atom. The van der Waals surface area contributed by atoms with Crippen molar-refractivity contribution in [2.24, 2.45) is 22.4 Å². The molecule has 2 aliphatic carbocycles. The van der Waals surface area contributed by atoms with Crippen molar-refractivity contribution in [3.05, 3.63) is 65.2 Å². The number of nitrogens with zero attached hydrogens (tertiary/aromatic N) is 1. The molecule has 33 heavy (non-hydrogen) atoms. The first-order valence-corrected chi connectivity index (χ1v) is 12.9. The standard InChI is InChI=1S/C25H28N2O5S/c1-25-12-11-20-19-10-8-18(32-33(26,30)31)13-17(19)7-9-21(20)22(25)14-23(28)27(24(25)29)15-16-5-3-2-4-6-16/h2-6,8,10,13,20-22H,7,9,11-12,14-15H2,1H3,(H2,26,30,31)/t20-,21-,22+,25+/m1/s1. The summed E-state index contributed by atoms with van der Waals surface area (Å²) in [6, 6.07) is 15.0. The van der Waals surface area contributed by atoms with Crippen LogP contribution in [0.2, 0.25) is 0 Å². The molecule has 2 fully saturated rings. The van der Waals surface area contributed by atoms with Crippen LogP contribution in [0.15, 0.2) is 48.5 Å². The van der Waals surface area contributed by atoms with Gasteiger partial charge in [-0.15, -0.1) is 0 Å². The third-order valence-electron chi connectivity index (χ3n) is 7.91. The zero-order valence-corrected chi connectivity index (χ0v) is 19.4. The van der Waals surface area contributed by atoms with Crippen molar-refractivity contribution in [2.45, 2.75) is 51.5 Å². The zero-order valence-electron chi connectivity index (χ0n) is 18.6. The molecule has 3 aliphatic rings. The summed E-state index contributed by atoms with van der Waals surface area (Å²) in [5, 5.41) is 5.01. The maximum absolute atomic E-state index is 13.6. The molecule has 1 aliphatic heterocycles. The molecule has 0 aromatic heterocycles. The van der Waals surface area contributed by atoms with Gasteiger partial charge >= 0.3 is 10.3 Å². The summed E-state index contributed by atoms with van der Waals surface area (Å²) < 4.78 is 27.4. The largest absolute Gasteiger partial charge is 0.380 e. The zero-order chi connectivity index (χ0) is 23.4. The molecular formula is C25H28N2O5S. The lowest BCUT2D eigenvalue weighted by atomic mass is 9.52. The van der Waals surface area contributed by atoms with Gasteiger partial charge < -0.3 is 4.18 Å². The van der Waals surface area contributed by atoms with E-state index in [1.54, 1.807) is 12.1 Å². The molecule has 0 unspecified atom stereocenters. The van der Waals surface area contributed by atoms with Gasteiger partial charge in [0.15, 0.2) is 0 Å². The van der Waals surface area contributed by atoms with Crippen LogP contribution in [0.3, 0.4) is 0 Å². The van der Waals surface area contributed by atoms with Gasteiger partial charge in [-0.1, -0.05) is 43.3 Å². The van der Waals surface area contributed by atoms with E-state index in [0.29, 0.717) is 13.0 Å². The van der Waals surface area contributed by atoms with E-state index in [1.165, 1.54) is 10.5 Å². The van der Waals surface area contributed by atoms with E-state index in [1.807, 2.05) is 43.3 Å². The molecule has 0 radical (unpaired) electrons. The second-order valence-electron chi connectivity index (χ2n) is 9.78. The van der Waals surface area contributed by atoms with Gasteiger partial charge in [0, 0.05) is 6.42 Å². The van der Waals surface area contributed by atoms with E-state index < -0.39 is 15.7 Å². The van der Waals surface area contributed by atoms with Gasteiger partial charge in [0.2, 0.25) is 11.8 Å². The fourth-order valence-electron chi connectivity index (χ4n) is 6.35. The van der Waals surface area contributed by atoms with Gasteiger partial charge in [0.25, 0.3) is 0 Å². The summed E-state index contributed by atoms with van der Waals surface area (Å²) in [4.78, 5) is 28.2. The third kappa shape index (κ3) is 3.95. The fraction of sp³-hybridized carbons (Fsp3) is 0.440. The number of hydrogen-bond acceptors (Lipinski definition) is 5. The van der Waals surface area contributed by atoms with E-state index in [2.05, 4.69) is 0 Å². The average Bonchev–Trinajstić information content (AvgIpc) is 2.77. The van der Waals surface area contributed by atoms with E-state index in [-0.39, 0.29) is 35.3 Å². The Morgan fingerprint density at radius 1 is 1.12 bits per heavy atom. The molecule has 2 amide bonds. The van der Waals surface area contributed by atoms with Crippen LogP contribution in [0.1, 0.15) is 55.2 Å². The van der Waals surface area contributed by atoms with E-state index in [9.17, 15) is 18.0 Å². The summed E-state index contributed by atoms with van der Waals surface area (Å²) in [6.45, 7) is 2.36. The number of rotatable bonds is 4. The van der Waals surface area contributed by atoms with Gasteiger partial charge in [-0.25, -0.2) is 0 Å². The maximum Gasteiger partial charge on any atom is 0.380 e. The highest BCUT2D eigenvalue weighted by Gasteiger charge is 2.57. The van der Waals surface area contributed by atoms with Crippen LogP contribution in [0, 0.1) is 17.3 Å². The Labute approximate surface area is 194 Å². The first-order chi connectivity index (χ1) is 15.7. The average molecular weight is 469 g/mol. The number of nitrogens with two attached hydrogens (primary N) is 1. The molecule has 0 spiro atoms. The highest BCUT2D eigenvalue weighted by Crippen LogP contribution is 2.58. The minimum atomic E-state index is -4.07. The smallest absolute Gasteiger partial charge is 0.371 e. The van der Waals surface area contributed by atoms with Crippen molar-refractivity contribution < 1.29 is 22.2 Å². The van der Waals surface area contributed by atoms with E-state index in [0.717, 1.165) is 36.8 Å². The molecule has 1 heterocycles. The quantitative estimate of drug-likeness (QED) is 0.693. The number of hydrogen-bond donors (Lipinski definition) is 1. The SMILES string of the molecule is C[C@]12CC[C@@H]3c4ccc(OS(N)(=O)=O)cc4CC[C@H]3[C@@H]1CC(=O)N(Cc1ccccc1)C2=O. The molecule has 4 atom stereocenters. The van der Waals surface area contributed by atoms with Crippen molar-refractivity contribution in [3.8, 4) is 5.75 Å². The van der Waals surface area contributed by atoms with Crippen molar-refractivity contribution in [1.82, 2.24) is 4.90 Å². The Kier molecular flexibility index (Phi) is 5.33. The molecule has 1 saturated carbocycles. The van der Waals surface area contributed by atoms with Gasteiger partial charge in [-0.05, 0) is 72.3 Å². The van der Waals surface area contributed by atoms with Crippen LogP contribution in [0.4, 0.5) is 0 Å². The Bertz CT molecular complexity index is 1210. The first kappa shape index (κ1) is 22.1. The topological polar surface area (TPSA) is 107 Å². The molecule has 2 aromatic carbocycles. The van der Waals surface area contributed by atoms with Crippen LogP contribution >= 0.6 is 0 Å². The predicted octanol–water partition coefficient (Wildman–Crippen LogP) is 3.29. The first-order valence-electron chi connectivity index (χ1n) is 11.4. The minimum Gasteiger partial charge on any atom is -0.371 e. The second-order valence-corrected chi connectivity index (χ2v) is 10.9. The Morgan fingerprint density at radius 3 is 2.61 bits per heavy atom. The Balaban J connectivity index is 1.40. The molecule has 2 aromatic rings. The molecule has 5 rings (SSSR count).